The van der Waals surface area contributed by atoms with Gasteiger partial charge < -0.3 is 14.5 Å². The molecule has 0 aliphatic heterocycles. The Kier molecular flexibility index (Phi) is 4.81. The molecule has 0 aliphatic rings. The van der Waals surface area contributed by atoms with E-state index >= 15 is 0 Å². The molecule has 3 aromatic heterocycles. The number of aromatic nitrogens is 3. The van der Waals surface area contributed by atoms with Crippen LogP contribution in [0.15, 0.2) is 28.9 Å². The predicted molar refractivity (Wildman–Crippen MR) is 88.9 cm³/mol. The molecule has 0 spiro atoms. The summed E-state index contributed by atoms with van der Waals surface area (Å²) in [5.74, 6) is -0.277. The number of nitrogens with zero attached hydrogens (tertiary/aromatic N) is 3. The third kappa shape index (κ3) is 3.88. The predicted octanol–water partition coefficient (Wildman–Crippen LogP) is 2.97. The van der Waals surface area contributed by atoms with E-state index in [4.69, 9.17) is 9.15 Å². The molecular formula is C17H17F3N4O3. The number of alkyl halides is 3. The largest absolute Gasteiger partial charge is 0.467 e. The Bertz CT molecular complexity index is 964. The summed E-state index contributed by atoms with van der Waals surface area (Å²) in [7, 11) is 1.49. The van der Waals surface area contributed by atoms with E-state index in [9.17, 15) is 18.0 Å². The third-order valence-corrected chi connectivity index (χ3v) is 3.93. The maximum atomic E-state index is 13.5. The molecule has 10 heteroatoms. The summed E-state index contributed by atoms with van der Waals surface area (Å²) < 4.78 is 52.1. The molecule has 3 aromatic rings. The fraction of sp³-hybridized carbons (Fsp3) is 0.353. The van der Waals surface area contributed by atoms with Crippen molar-refractivity contribution in [1.82, 2.24) is 20.1 Å². The van der Waals surface area contributed by atoms with Gasteiger partial charge >= 0.3 is 6.18 Å². The molecule has 0 radical (unpaired) electrons. The highest BCUT2D eigenvalue weighted by atomic mass is 19.4. The first-order valence-corrected chi connectivity index (χ1v) is 8.05. The number of ether oxygens (including phenoxy) is 1. The van der Waals surface area contributed by atoms with Crippen LogP contribution in [0.3, 0.4) is 0 Å². The summed E-state index contributed by atoms with van der Waals surface area (Å²) in [6.07, 6.45) is -4.20. The van der Waals surface area contributed by atoms with Gasteiger partial charge in [-0.1, -0.05) is 0 Å². The van der Waals surface area contributed by atoms with E-state index in [0.29, 0.717) is 5.76 Å². The van der Waals surface area contributed by atoms with Crippen LogP contribution in [0.25, 0.3) is 11.0 Å². The zero-order valence-electron chi connectivity index (χ0n) is 14.8. The van der Waals surface area contributed by atoms with Gasteiger partial charge in [-0.15, -0.1) is 0 Å². The normalized spacial score (nSPS) is 13.0. The Balaban J connectivity index is 1.83. The minimum atomic E-state index is -4.61. The summed E-state index contributed by atoms with van der Waals surface area (Å²) in [4.78, 5) is 16.2. The molecule has 1 N–H and O–H groups in total. The van der Waals surface area contributed by atoms with Gasteiger partial charge in [-0.3, -0.25) is 9.48 Å². The Morgan fingerprint density at radius 3 is 2.81 bits per heavy atom. The Labute approximate surface area is 152 Å². The Morgan fingerprint density at radius 1 is 1.44 bits per heavy atom. The van der Waals surface area contributed by atoms with Crippen molar-refractivity contribution in [3.8, 4) is 5.88 Å². The molecule has 0 saturated carbocycles. The van der Waals surface area contributed by atoms with E-state index in [2.05, 4.69) is 15.4 Å². The summed E-state index contributed by atoms with van der Waals surface area (Å²) in [5.41, 5.74) is -0.667. The van der Waals surface area contributed by atoms with Crippen molar-refractivity contribution in [3.63, 3.8) is 0 Å². The SMILES string of the molecule is Cc1nn(C)c2nc(O[C@H](C)C(=O)NCc3ccco3)cc(C(F)(F)F)c12. The van der Waals surface area contributed by atoms with E-state index in [1.54, 1.807) is 12.1 Å². The topological polar surface area (TPSA) is 82.2 Å². The van der Waals surface area contributed by atoms with Crippen molar-refractivity contribution in [2.45, 2.75) is 32.7 Å². The third-order valence-electron chi connectivity index (χ3n) is 3.93. The van der Waals surface area contributed by atoms with Crippen LogP contribution in [-0.4, -0.2) is 26.8 Å². The van der Waals surface area contributed by atoms with Crippen LogP contribution in [-0.2, 0) is 24.6 Å². The molecule has 0 fully saturated rings. The number of carbonyl (C=O) groups is 1. The average molecular weight is 382 g/mol. The lowest BCUT2D eigenvalue weighted by Crippen LogP contribution is -2.36. The zero-order valence-corrected chi connectivity index (χ0v) is 14.8. The van der Waals surface area contributed by atoms with Crippen molar-refractivity contribution < 1.29 is 27.1 Å². The standard InChI is InChI=1S/C17H17F3N4O3/c1-9-14-12(17(18,19)20)7-13(22-15(14)24(3)23-9)27-10(2)16(25)21-8-11-5-4-6-26-11/h4-7,10H,8H2,1-3H3,(H,21,25)/t10-/m1/s1. The summed E-state index contributed by atoms with van der Waals surface area (Å²) in [6.45, 7) is 3.04. The van der Waals surface area contributed by atoms with E-state index < -0.39 is 23.8 Å². The van der Waals surface area contributed by atoms with Gasteiger partial charge in [-0.2, -0.15) is 23.3 Å². The quantitative estimate of drug-likeness (QED) is 0.734. The molecule has 3 heterocycles. The van der Waals surface area contributed by atoms with Gasteiger partial charge in [0.25, 0.3) is 5.91 Å². The highest BCUT2D eigenvalue weighted by Gasteiger charge is 2.36. The lowest BCUT2D eigenvalue weighted by Gasteiger charge is -2.16. The average Bonchev–Trinajstić information content (AvgIpc) is 3.20. The first-order chi connectivity index (χ1) is 12.7. The summed E-state index contributed by atoms with van der Waals surface area (Å²) in [5, 5.41) is 6.47. The molecule has 3 rings (SSSR count). The molecule has 0 aromatic carbocycles. The molecule has 0 saturated heterocycles. The van der Waals surface area contributed by atoms with Gasteiger partial charge in [0.2, 0.25) is 5.88 Å². The van der Waals surface area contributed by atoms with Crippen LogP contribution in [0, 0.1) is 6.92 Å². The fourth-order valence-electron chi connectivity index (χ4n) is 2.67. The van der Waals surface area contributed by atoms with Crippen LogP contribution in [0.1, 0.15) is 23.9 Å². The number of hydrogen-bond acceptors (Lipinski definition) is 5. The Hall–Kier alpha value is -3.04. The second-order valence-corrected chi connectivity index (χ2v) is 5.97. The van der Waals surface area contributed by atoms with Crippen molar-refractivity contribution >= 4 is 16.9 Å². The smallest absolute Gasteiger partial charge is 0.417 e. The van der Waals surface area contributed by atoms with Crippen molar-refractivity contribution in [1.29, 1.82) is 0 Å². The molecule has 0 bridgehead atoms. The van der Waals surface area contributed by atoms with E-state index in [1.165, 1.54) is 31.8 Å². The Morgan fingerprint density at radius 2 is 2.19 bits per heavy atom. The van der Waals surface area contributed by atoms with Crippen LogP contribution in [0.5, 0.6) is 5.88 Å². The summed E-state index contributed by atoms with van der Waals surface area (Å²) in [6, 6.07) is 4.14. The van der Waals surface area contributed by atoms with Gasteiger partial charge in [0.1, 0.15) is 5.76 Å². The lowest BCUT2D eigenvalue weighted by atomic mass is 10.1. The molecule has 1 amide bonds. The number of rotatable bonds is 5. The minimum Gasteiger partial charge on any atom is -0.467 e. The first kappa shape index (κ1) is 18.7. The number of pyridine rings is 1. The number of amides is 1. The van der Waals surface area contributed by atoms with Gasteiger partial charge in [0, 0.05) is 13.1 Å². The van der Waals surface area contributed by atoms with Crippen LogP contribution >= 0.6 is 0 Å². The van der Waals surface area contributed by atoms with Gasteiger partial charge in [0.15, 0.2) is 11.8 Å². The molecular weight excluding hydrogens is 365 g/mol. The fourth-order valence-corrected chi connectivity index (χ4v) is 2.67. The molecule has 0 aliphatic carbocycles. The van der Waals surface area contributed by atoms with Crippen molar-refractivity contribution in [2.75, 3.05) is 0 Å². The molecule has 0 unspecified atom stereocenters. The first-order valence-electron chi connectivity index (χ1n) is 8.05. The lowest BCUT2D eigenvalue weighted by molar-refractivity contribution is -0.136. The molecule has 7 nitrogen and oxygen atoms in total. The molecule has 27 heavy (non-hydrogen) atoms. The van der Waals surface area contributed by atoms with Gasteiger partial charge in [0.05, 0.1) is 29.5 Å². The maximum absolute atomic E-state index is 13.5. The highest BCUT2D eigenvalue weighted by Crippen LogP contribution is 2.37. The van der Waals surface area contributed by atoms with Gasteiger partial charge in [-0.05, 0) is 26.0 Å². The number of fused-ring (bicyclic) bond motifs is 1. The van der Waals surface area contributed by atoms with Crippen molar-refractivity contribution in [2.24, 2.45) is 7.05 Å². The molecule has 1 atom stereocenters. The number of halogens is 3. The van der Waals surface area contributed by atoms with Crippen molar-refractivity contribution in [3.05, 3.63) is 41.5 Å². The molecule has 144 valence electrons. The minimum absolute atomic E-state index is 0.0283. The number of carbonyl (C=O) groups excluding carboxylic acids is 1. The monoisotopic (exact) mass is 382 g/mol. The summed E-state index contributed by atoms with van der Waals surface area (Å²) >= 11 is 0. The van der Waals surface area contributed by atoms with Crippen LogP contribution in [0.2, 0.25) is 0 Å². The van der Waals surface area contributed by atoms with E-state index in [-0.39, 0.29) is 29.2 Å². The van der Waals surface area contributed by atoms with Gasteiger partial charge in [-0.25, -0.2) is 0 Å². The van der Waals surface area contributed by atoms with Crippen LogP contribution < -0.4 is 10.1 Å². The zero-order chi connectivity index (χ0) is 19.8. The number of nitrogens with one attached hydrogen (secondary N) is 1. The number of aryl methyl sites for hydroxylation is 2. The van der Waals surface area contributed by atoms with E-state index in [0.717, 1.165) is 6.07 Å². The second kappa shape index (κ2) is 6.93. The van der Waals surface area contributed by atoms with Crippen LogP contribution in [0.4, 0.5) is 13.2 Å². The van der Waals surface area contributed by atoms with E-state index in [1.807, 2.05) is 0 Å². The second-order valence-electron chi connectivity index (χ2n) is 5.97. The number of furan rings is 1. The maximum Gasteiger partial charge on any atom is 0.417 e. The number of hydrogen-bond donors (Lipinski definition) is 1. The highest BCUT2D eigenvalue weighted by molar-refractivity contribution is 5.84.